The number of nitrogens with one attached hydrogen (secondary N) is 2. The Hall–Kier alpha value is -1.75. The summed E-state index contributed by atoms with van der Waals surface area (Å²) < 4.78 is 5.41. The van der Waals surface area contributed by atoms with Crippen LogP contribution in [0.4, 0.5) is 16.2 Å². The number of carbonyl (C=O) groups excluding carboxylic acids is 1. The number of urea groups is 1. The molecule has 1 aliphatic rings. The third-order valence-electron chi connectivity index (χ3n) is 2.68. The number of amides is 2. The molecule has 5 heteroatoms. The number of nitrogen functional groups attached to an aromatic ring is 1. The van der Waals surface area contributed by atoms with Crippen molar-refractivity contribution in [1.29, 1.82) is 0 Å². The van der Waals surface area contributed by atoms with Crippen LogP contribution in [0.3, 0.4) is 0 Å². The zero-order valence-electron chi connectivity index (χ0n) is 9.61. The van der Waals surface area contributed by atoms with Gasteiger partial charge in [0, 0.05) is 24.5 Å². The predicted molar refractivity (Wildman–Crippen MR) is 66.8 cm³/mol. The molecule has 1 aromatic carbocycles. The van der Waals surface area contributed by atoms with Gasteiger partial charge in [0.05, 0.1) is 6.10 Å². The van der Waals surface area contributed by atoms with Crippen LogP contribution >= 0.6 is 0 Å². The highest BCUT2D eigenvalue weighted by Crippen LogP contribution is 2.11. The van der Waals surface area contributed by atoms with E-state index in [1.807, 2.05) is 0 Å². The SMILES string of the molecule is Nc1ccc(NC(=O)NCC2CCCO2)cc1. The maximum Gasteiger partial charge on any atom is 0.319 e. The Kier molecular flexibility index (Phi) is 3.82. The predicted octanol–water partition coefficient (Wildman–Crippen LogP) is 1.57. The molecule has 0 saturated carbocycles. The highest BCUT2D eigenvalue weighted by Gasteiger charge is 2.15. The van der Waals surface area contributed by atoms with Gasteiger partial charge in [-0.1, -0.05) is 0 Å². The zero-order valence-corrected chi connectivity index (χ0v) is 9.61. The minimum atomic E-state index is -0.217. The Morgan fingerprint density at radius 2 is 2.18 bits per heavy atom. The monoisotopic (exact) mass is 235 g/mol. The first-order chi connectivity index (χ1) is 8.24. The Bertz CT molecular complexity index is 372. The molecular formula is C12H17N3O2. The van der Waals surface area contributed by atoms with Gasteiger partial charge in [-0.15, -0.1) is 0 Å². The maximum absolute atomic E-state index is 11.5. The fourth-order valence-corrected chi connectivity index (χ4v) is 1.75. The molecule has 92 valence electrons. The van der Waals surface area contributed by atoms with Crippen LogP contribution in [-0.2, 0) is 4.74 Å². The molecule has 1 aromatic rings. The molecule has 0 bridgehead atoms. The van der Waals surface area contributed by atoms with E-state index >= 15 is 0 Å². The van der Waals surface area contributed by atoms with Gasteiger partial charge in [0.25, 0.3) is 0 Å². The summed E-state index contributed by atoms with van der Waals surface area (Å²) in [5.41, 5.74) is 6.96. The molecule has 1 atom stereocenters. The average molecular weight is 235 g/mol. The first kappa shape index (κ1) is 11.7. The van der Waals surface area contributed by atoms with Gasteiger partial charge in [-0.3, -0.25) is 0 Å². The lowest BCUT2D eigenvalue weighted by Crippen LogP contribution is -2.34. The van der Waals surface area contributed by atoms with Crippen LogP contribution in [0.1, 0.15) is 12.8 Å². The summed E-state index contributed by atoms with van der Waals surface area (Å²) in [5, 5.41) is 5.51. The van der Waals surface area contributed by atoms with Gasteiger partial charge in [-0.2, -0.15) is 0 Å². The lowest BCUT2D eigenvalue weighted by Gasteiger charge is -2.11. The van der Waals surface area contributed by atoms with Crippen LogP contribution in [0.15, 0.2) is 24.3 Å². The third-order valence-corrected chi connectivity index (χ3v) is 2.68. The molecule has 0 aromatic heterocycles. The molecule has 1 heterocycles. The van der Waals surface area contributed by atoms with Crippen molar-refractivity contribution in [2.24, 2.45) is 0 Å². The van der Waals surface area contributed by atoms with Gasteiger partial charge < -0.3 is 21.1 Å². The summed E-state index contributed by atoms with van der Waals surface area (Å²) in [6.07, 6.45) is 2.25. The molecule has 1 fully saturated rings. The molecule has 17 heavy (non-hydrogen) atoms. The zero-order chi connectivity index (χ0) is 12.1. The number of hydrogen-bond acceptors (Lipinski definition) is 3. The Morgan fingerprint density at radius 1 is 1.41 bits per heavy atom. The largest absolute Gasteiger partial charge is 0.399 e. The second-order valence-corrected chi connectivity index (χ2v) is 4.09. The maximum atomic E-state index is 11.5. The molecule has 1 saturated heterocycles. The summed E-state index contributed by atoms with van der Waals surface area (Å²) in [6, 6.07) is 6.80. The van der Waals surface area contributed by atoms with Crippen LogP contribution in [0.25, 0.3) is 0 Å². The van der Waals surface area contributed by atoms with Crippen molar-refractivity contribution in [3.8, 4) is 0 Å². The van der Waals surface area contributed by atoms with Crippen molar-refractivity contribution >= 4 is 17.4 Å². The van der Waals surface area contributed by atoms with Crippen molar-refractivity contribution < 1.29 is 9.53 Å². The standard InChI is InChI=1S/C12H17N3O2/c13-9-3-5-10(6-4-9)15-12(16)14-8-11-2-1-7-17-11/h3-6,11H,1-2,7-8,13H2,(H2,14,15,16). The van der Waals surface area contributed by atoms with E-state index < -0.39 is 0 Å². The van der Waals surface area contributed by atoms with Crippen LogP contribution in [0, 0.1) is 0 Å². The third kappa shape index (κ3) is 3.64. The fourth-order valence-electron chi connectivity index (χ4n) is 1.75. The molecule has 2 amide bonds. The summed E-state index contributed by atoms with van der Waals surface area (Å²) in [6.45, 7) is 1.35. The quantitative estimate of drug-likeness (QED) is 0.696. The van der Waals surface area contributed by atoms with Gasteiger partial charge in [0.2, 0.25) is 0 Å². The van der Waals surface area contributed by atoms with Crippen molar-refractivity contribution in [1.82, 2.24) is 5.32 Å². The number of benzene rings is 1. The smallest absolute Gasteiger partial charge is 0.319 e. The summed E-state index contributed by atoms with van der Waals surface area (Å²) in [4.78, 5) is 11.5. The summed E-state index contributed by atoms with van der Waals surface area (Å²) >= 11 is 0. The lowest BCUT2D eigenvalue weighted by molar-refractivity contribution is 0.112. The number of nitrogens with two attached hydrogens (primary N) is 1. The highest BCUT2D eigenvalue weighted by molar-refractivity contribution is 5.89. The Morgan fingerprint density at radius 3 is 2.82 bits per heavy atom. The molecule has 1 aliphatic heterocycles. The second-order valence-electron chi connectivity index (χ2n) is 4.09. The first-order valence-corrected chi connectivity index (χ1v) is 5.76. The van der Waals surface area contributed by atoms with Gasteiger partial charge in [-0.25, -0.2) is 4.79 Å². The van der Waals surface area contributed by atoms with Crippen molar-refractivity contribution in [2.75, 3.05) is 24.2 Å². The fraction of sp³-hybridized carbons (Fsp3) is 0.417. The number of carbonyl (C=O) groups is 1. The molecule has 5 nitrogen and oxygen atoms in total. The molecule has 2 rings (SSSR count). The minimum Gasteiger partial charge on any atom is -0.399 e. The van der Waals surface area contributed by atoms with E-state index in [4.69, 9.17) is 10.5 Å². The summed E-state index contributed by atoms with van der Waals surface area (Å²) in [5.74, 6) is 0. The minimum absolute atomic E-state index is 0.159. The van der Waals surface area contributed by atoms with Crippen LogP contribution in [0.2, 0.25) is 0 Å². The molecule has 1 unspecified atom stereocenters. The van der Waals surface area contributed by atoms with Crippen LogP contribution in [0.5, 0.6) is 0 Å². The van der Waals surface area contributed by atoms with Crippen LogP contribution < -0.4 is 16.4 Å². The van der Waals surface area contributed by atoms with E-state index in [1.54, 1.807) is 24.3 Å². The summed E-state index contributed by atoms with van der Waals surface area (Å²) in [7, 11) is 0. The molecule has 0 radical (unpaired) electrons. The van der Waals surface area contributed by atoms with Crippen molar-refractivity contribution in [3.05, 3.63) is 24.3 Å². The van der Waals surface area contributed by atoms with E-state index in [0.717, 1.165) is 25.1 Å². The Balaban J connectivity index is 1.74. The second kappa shape index (κ2) is 5.54. The lowest BCUT2D eigenvalue weighted by atomic mass is 10.2. The van der Waals surface area contributed by atoms with E-state index in [-0.39, 0.29) is 12.1 Å². The number of rotatable bonds is 3. The average Bonchev–Trinajstić information content (AvgIpc) is 2.83. The van der Waals surface area contributed by atoms with E-state index in [2.05, 4.69) is 10.6 Å². The van der Waals surface area contributed by atoms with E-state index in [0.29, 0.717) is 12.2 Å². The Labute approximate surface area is 100 Å². The van der Waals surface area contributed by atoms with Crippen LogP contribution in [-0.4, -0.2) is 25.3 Å². The van der Waals surface area contributed by atoms with Gasteiger partial charge >= 0.3 is 6.03 Å². The van der Waals surface area contributed by atoms with Gasteiger partial charge in [-0.05, 0) is 37.1 Å². The highest BCUT2D eigenvalue weighted by atomic mass is 16.5. The van der Waals surface area contributed by atoms with Gasteiger partial charge in [0.15, 0.2) is 0 Å². The number of anilines is 2. The van der Waals surface area contributed by atoms with E-state index in [1.165, 1.54) is 0 Å². The molecule has 4 N–H and O–H groups in total. The molecule has 0 spiro atoms. The van der Waals surface area contributed by atoms with Crippen molar-refractivity contribution in [2.45, 2.75) is 18.9 Å². The topological polar surface area (TPSA) is 76.4 Å². The molecule has 0 aliphatic carbocycles. The van der Waals surface area contributed by atoms with E-state index in [9.17, 15) is 4.79 Å². The normalized spacial score (nSPS) is 18.9. The first-order valence-electron chi connectivity index (χ1n) is 5.76. The van der Waals surface area contributed by atoms with Gasteiger partial charge in [0.1, 0.15) is 0 Å². The number of ether oxygens (including phenoxy) is 1. The van der Waals surface area contributed by atoms with Crippen molar-refractivity contribution in [3.63, 3.8) is 0 Å². The molecular weight excluding hydrogens is 218 g/mol. The number of hydrogen-bond donors (Lipinski definition) is 3.